The molecule has 0 saturated carbocycles. The van der Waals surface area contributed by atoms with E-state index >= 15 is 0 Å². The SMILES string of the molecule is CCC1CN(Cc2ccc(Br)s2)CCS1. The Morgan fingerprint density at radius 2 is 2.40 bits per heavy atom. The van der Waals surface area contributed by atoms with Crippen LogP contribution in [0.2, 0.25) is 0 Å². The molecule has 1 aliphatic heterocycles. The van der Waals surface area contributed by atoms with E-state index in [1.165, 1.54) is 33.9 Å². The van der Waals surface area contributed by atoms with Gasteiger partial charge in [0.05, 0.1) is 3.79 Å². The molecule has 1 saturated heterocycles. The first kappa shape index (κ1) is 12.0. The molecule has 4 heteroatoms. The molecular weight excluding hydrogens is 290 g/mol. The Morgan fingerprint density at radius 1 is 1.53 bits per heavy atom. The lowest BCUT2D eigenvalue weighted by Crippen LogP contribution is -2.36. The Bertz CT molecular complexity index is 313. The predicted octanol–water partition coefficient (Wildman–Crippen LogP) is 3.84. The molecule has 1 nitrogen and oxygen atoms in total. The molecule has 1 fully saturated rings. The summed E-state index contributed by atoms with van der Waals surface area (Å²) in [5.41, 5.74) is 0. The molecule has 0 bridgehead atoms. The number of rotatable bonds is 3. The van der Waals surface area contributed by atoms with Gasteiger partial charge in [0, 0.05) is 35.5 Å². The first-order valence-electron chi connectivity index (χ1n) is 5.36. The average Bonchev–Trinajstić information content (AvgIpc) is 2.64. The van der Waals surface area contributed by atoms with Crippen LogP contribution in [0.1, 0.15) is 18.2 Å². The van der Waals surface area contributed by atoms with Gasteiger partial charge in [-0.2, -0.15) is 11.8 Å². The molecule has 1 aromatic rings. The number of nitrogens with zero attached hydrogens (tertiary/aromatic N) is 1. The van der Waals surface area contributed by atoms with Crippen LogP contribution in [0.15, 0.2) is 15.9 Å². The van der Waals surface area contributed by atoms with E-state index in [9.17, 15) is 0 Å². The number of halogens is 1. The third-order valence-electron chi connectivity index (χ3n) is 2.69. The molecule has 1 unspecified atom stereocenters. The van der Waals surface area contributed by atoms with Crippen LogP contribution in [0, 0.1) is 0 Å². The van der Waals surface area contributed by atoms with E-state index in [4.69, 9.17) is 0 Å². The summed E-state index contributed by atoms with van der Waals surface area (Å²) >= 11 is 7.51. The molecule has 0 N–H and O–H groups in total. The van der Waals surface area contributed by atoms with Gasteiger partial charge in [0.25, 0.3) is 0 Å². The molecule has 1 aromatic heterocycles. The van der Waals surface area contributed by atoms with Gasteiger partial charge in [-0.1, -0.05) is 6.92 Å². The molecule has 15 heavy (non-hydrogen) atoms. The van der Waals surface area contributed by atoms with Crippen molar-refractivity contribution in [3.8, 4) is 0 Å². The van der Waals surface area contributed by atoms with Crippen LogP contribution in [0.4, 0.5) is 0 Å². The topological polar surface area (TPSA) is 3.24 Å². The Kier molecular flexibility index (Phi) is 4.55. The van der Waals surface area contributed by atoms with E-state index in [0.29, 0.717) is 0 Å². The molecule has 2 heterocycles. The van der Waals surface area contributed by atoms with Crippen LogP contribution < -0.4 is 0 Å². The van der Waals surface area contributed by atoms with Gasteiger partial charge in [-0.3, -0.25) is 4.90 Å². The standard InChI is InChI=1S/C11H16BrNS2/c1-2-9-7-13(5-6-14-9)8-10-3-4-11(12)15-10/h3-4,9H,2,5-8H2,1H3. The summed E-state index contributed by atoms with van der Waals surface area (Å²) in [7, 11) is 0. The van der Waals surface area contributed by atoms with Crippen molar-refractivity contribution in [1.82, 2.24) is 4.90 Å². The lowest BCUT2D eigenvalue weighted by atomic mass is 10.3. The van der Waals surface area contributed by atoms with Crippen LogP contribution in [-0.2, 0) is 6.54 Å². The Hall–Kier alpha value is 0.490. The molecular formula is C11H16BrNS2. The van der Waals surface area contributed by atoms with Gasteiger partial charge in [-0.25, -0.2) is 0 Å². The van der Waals surface area contributed by atoms with Gasteiger partial charge >= 0.3 is 0 Å². The summed E-state index contributed by atoms with van der Waals surface area (Å²) in [4.78, 5) is 4.06. The summed E-state index contributed by atoms with van der Waals surface area (Å²) in [6.07, 6.45) is 1.30. The van der Waals surface area contributed by atoms with Crippen LogP contribution in [0.25, 0.3) is 0 Å². The molecule has 0 aromatic carbocycles. The van der Waals surface area contributed by atoms with E-state index in [-0.39, 0.29) is 0 Å². The zero-order chi connectivity index (χ0) is 10.7. The molecule has 84 valence electrons. The molecule has 0 aliphatic carbocycles. The number of hydrogen-bond donors (Lipinski definition) is 0. The normalized spacial score (nSPS) is 23.2. The lowest BCUT2D eigenvalue weighted by Gasteiger charge is -2.31. The van der Waals surface area contributed by atoms with Crippen molar-refractivity contribution >= 4 is 39.0 Å². The number of thiophene rings is 1. The van der Waals surface area contributed by atoms with Crippen molar-refractivity contribution in [2.45, 2.75) is 25.1 Å². The van der Waals surface area contributed by atoms with Crippen molar-refractivity contribution in [3.63, 3.8) is 0 Å². The largest absolute Gasteiger partial charge is 0.296 e. The highest BCUT2D eigenvalue weighted by molar-refractivity contribution is 9.11. The maximum Gasteiger partial charge on any atom is 0.0701 e. The van der Waals surface area contributed by atoms with Crippen LogP contribution in [0.5, 0.6) is 0 Å². The lowest BCUT2D eigenvalue weighted by molar-refractivity contribution is 0.275. The maximum absolute atomic E-state index is 3.52. The Labute approximate surface area is 108 Å². The molecule has 2 rings (SSSR count). The zero-order valence-electron chi connectivity index (χ0n) is 8.91. The average molecular weight is 306 g/mol. The molecule has 0 amide bonds. The third kappa shape index (κ3) is 3.48. The second-order valence-corrected chi connectivity index (χ2v) is 7.80. The highest BCUT2D eigenvalue weighted by atomic mass is 79.9. The summed E-state index contributed by atoms with van der Waals surface area (Å²) in [5.74, 6) is 1.30. The summed E-state index contributed by atoms with van der Waals surface area (Å²) < 4.78 is 1.25. The van der Waals surface area contributed by atoms with Crippen molar-refractivity contribution in [3.05, 3.63) is 20.8 Å². The Balaban J connectivity index is 1.88. The van der Waals surface area contributed by atoms with Crippen molar-refractivity contribution in [2.24, 2.45) is 0 Å². The van der Waals surface area contributed by atoms with E-state index < -0.39 is 0 Å². The first-order valence-corrected chi connectivity index (χ1v) is 8.02. The first-order chi connectivity index (χ1) is 7.28. The maximum atomic E-state index is 3.52. The van der Waals surface area contributed by atoms with Gasteiger partial charge in [0.1, 0.15) is 0 Å². The second kappa shape index (κ2) is 5.71. The quantitative estimate of drug-likeness (QED) is 0.835. The summed E-state index contributed by atoms with van der Waals surface area (Å²) in [6.45, 7) is 5.93. The Morgan fingerprint density at radius 3 is 3.07 bits per heavy atom. The minimum absolute atomic E-state index is 0.849. The van der Waals surface area contributed by atoms with Gasteiger partial charge < -0.3 is 0 Å². The highest BCUT2D eigenvalue weighted by Gasteiger charge is 2.19. The van der Waals surface area contributed by atoms with E-state index in [1.54, 1.807) is 0 Å². The van der Waals surface area contributed by atoms with E-state index in [0.717, 1.165) is 11.8 Å². The van der Waals surface area contributed by atoms with Crippen molar-refractivity contribution < 1.29 is 0 Å². The van der Waals surface area contributed by atoms with Crippen LogP contribution in [0.3, 0.4) is 0 Å². The van der Waals surface area contributed by atoms with Crippen molar-refractivity contribution in [2.75, 3.05) is 18.8 Å². The zero-order valence-corrected chi connectivity index (χ0v) is 12.1. The van der Waals surface area contributed by atoms with Gasteiger partial charge in [-0.15, -0.1) is 11.3 Å². The fourth-order valence-electron chi connectivity index (χ4n) is 1.83. The molecule has 0 spiro atoms. The fourth-order valence-corrected chi connectivity index (χ4v) is 4.60. The second-order valence-electron chi connectivity index (χ2n) is 3.84. The van der Waals surface area contributed by atoms with Crippen LogP contribution in [-0.4, -0.2) is 29.0 Å². The minimum Gasteiger partial charge on any atom is -0.296 e. The molecule has 0 radical (unpaired) electrons. The number of hydrogen-bond acceptors (Lipinski definition) is 3. The monoisotopic (exact) mass is 305 g/mol. The molecule has 1 aliphatic rings. The van der Waals surface area contributed by atoms with E-state index in [1.807, 2.05) is 11.3 Å². The summed E-state index contributed by atoms with van der Waals surface area (Å²) in [6, 6.07) is 4.38. The van der Waals surface area contributed by atoms with E-state index in [2.05, 4.69) is 51.6 Å². The highest BCUT2D eigenvalue weighted by Crippen LogP contribution is 2.26. The molecule has 1 atom stereocenters. The predicted molar refractivity (Wildman–Crippen MR) is 73.8 cm³/mol. The fraction of sp³-hybridized carbons (Fsp3) is 0.636. The third-order valence-corrected chi connectivity index (χ3v) is 5.67. The van der Waals surface area contributed by atoms with Gasteiger partial charge in [0.2, 0.25) is 0 Å². The van der Waals surface area contributed by atoms with Crippen molar-refractivity contribution in [1.29, 1.82) is 0 Å². The summed E-state index contributed by atoms with van der Waals surface area (Å²) in [5, 5.41) is 0.849. The van der Waals surface area contributed by atoms with Gasteiger partial charge in [0.15, 0.2) is 0 Å². The van der Waals surface area contributed by atoms with Crippen LogP contribution >= 0.6 is 39.0 Å². The van der Waals surface area contributed by atoms with Gasteiger partial charge in [-0.05, 0) is 34.5 Å². The minimum atomic E-state index is 0.849. The number of thioether (sulfide) groups is 1. The smallest absolute Gasteiger partial charge is 0.0701 e.